The quantitative estimate of drug-likeness (QED) is 0.906. The smallest absolute Gasteiger partial charge is 0.208 e. The Bertz CT molecular complexity index is 490. The summed E-state index contributed by atoms with van der Waals surface area (Å²) < 4.78 is 52.0. The molecule has 94 valence electrons. The molecule has 1 fully saturated rings. The molecular weight excluding hydrogens is 248 g/mol. The second-order valence-electron chi connectivity index (χ2n) is 4.21. The zero-order chi connectivity index (χ0) is 12.5. The Hall–Kier alpha value is -1.01. The van der Waals surface area contributed by atoms with E-state index in [1.165, 1.54) is 0 Å². The summed E-state index contributed by atoms with van der Waals surface area (Å²) in [6.07, 6.45) is 3.50. The number of sulfonamides is 1. The molecule has 2 rings (SSSR count). The maximum atomic E-state index is 12.9. The van der Waals surface area contributed by atoms with Gasteiger partial charge in [0.15, 0.2) is 0 Å². The van der Waals surface area contributed by atoms with Gasteiger partial charge in [0.1, 0.15) is 11.6 Å². The monoisotopic (exact) mass is 261 g/mol. The van der Waals surface area contributed by atoms with Crippen LogP contribution in [0.25, 0.3) is 0 Å². The summed E-state index contributed by atoms with van der Waals surface area (Å²) in [7, 11) is -3.82. The van der Waals surface area contributed by atoms with Crippen molar-refractivity contribution in [1.82, 2.24) is 4.72 Å². The van der Waals surface area contributed by atoms with E-state index in [0.717, 1.165) is 37.8 Å². The summed E-state index contributed by atoms with van der Waals surface area (Å²) in [6, 6.07) is 2.17. The summed E-state index contributed by atoms with van der Waals surface area (Å²) in [5, 5.41) is 0. The molecular formula is C11H13F2NO2S. The lowest BCUT2D eigenvalue weighted by Crippen LogP contribution is -2.32. The van der Waals surface area contributed by atoms with Crippen LogP contribution in [-0.2, 0) is 10.0 Å². The van der Waals surface area contributed by atoms with E-state index >= 15 is 0 Å². The summed E-state index contributed by atoms with van der Waals surface area (Å²) in [5.74, 6) is -1.78. The van der Waals surface area contributed by atoms with Gasteiger partial charge >= 0.3 is 0 Å². The molecule has 0 amide bonds. The first-order valence-corrected chi connectivity index (χ1v) is 6.94. The van der Waals surface area contributed by atoms with Crippen LogP contribution < -0.4 is 4.72 Å². The third-order valence-corrected chi connectivity index (χ3v) is 4.32. The lowest BCUT2D eigenvalue weighted by molar-refractivity contribution is 0.543. The third kappa shape index (κ3) is 3.01. The topological polar surface area (TPSA) is 46.2 Å². The molecule has 1 aliphatic rings. The number of hydrogen-bond acceptors (Lipinski definition) is 2. The van der Waals surface area contributed by atoms with Crippen LogP contribution in [0.15, 0.2) is 23.1 Å². The molecule has 0 saturated heterocycles. The van der Waals surface area contributed by atoms with Crippen LogP contribution in [0, 0.1) is 11.6 Å². The first kappa shape index (κ1) is 12.4. The van der Waals surface area contributed by atoms with Crippen LogP contribution in [0.4, 0.5) is 8.78 Å². The van der Waals surface area contributed by atoms with E-state index in [0.29, 0.717) is 6.07 Å². The van der Waals surface area contributed by atoms with E-state index in [-0.39, 0.29) is 10.9 Å². The van der Waals surface area contributed by atoms with Crippen LogP contribution >= 0.6 is 0 Å². The molecule has 0 aliphatic heterocycles. The molecule has 1 N–H and O–H groups in total. The highest BCUT2D eigenvalue weighted by atomic mass is 32.2. The molecule has 0 radical (unpaired) electrons. The van der Waals surface area contributed by atoms with Crippen molar-refractivity contribution in [2.45, 2.75) is 36.6 Å². The Balaban J connectivity index is 2.24. The minimum Gasteiger partial charge on any atom is -0.208 e. The van der Waals surface area contributed by atoms with Gasteiger partial charge < -0.3 is 0 Å². The molecule has 17 heavy (non-hydrogen) atoms. The van der Waals surface area contributed by atoms with Crippen LogP contribution in [0.1, 0.15) is 25.7 Å². The fourth-order valence-electron chi connectivity index (χ4n) is 2.01. The lowest BCUT2D eigenvalue weighted by Gasteiger charge is -2.12. The summed E-state index contributed by atoms with van der Waals surface area (Å²) in [6.45, 7) is 0. The molecule has 0 atom stereocenters. The van der Waals surface area contributed by atoms with Crippen molar-refractivity contribution in [2.75, 3.05) is 0 Å². The highest BCUT2D eigenvalue weighted by molar-refractivity contribution is 7.89. The second kappa shape index (κ2) is 4.70. The normalized spacial score (nSPS) is 17.5. The van der Waals surface area contributed by atoms with Crippen molar-refractivity contribution in [3.8, 4) is 0 Å². The summed E-state index contributed by atoms with van der Waals surface area (Å²) >= 11 is 0. The molecule has 1 aromatic carbocycles. The average Bonchev–Trinajstić information content (AvgIpc) is 2.68. The standard InChI is InChI=1S/C11H13F2NO2S/c12-8-5-9(13)7-11(6-8)17(15,16)14-10-3-1-2-4-10/h5-7,10,14H,1-4H2. The van der Waals surface area contributed by atoms with E-state index in [2.05, 4.69) is 4.72 Å². The first-order chi connectivity index (χ1) is 7.97. The second-order valence-corrected chi connectivity index (χ2v) is 5.92. The van der Waals surface area contributed by atoms with Gasteiger partial charge in [-0.25, -0.2) is 21.9 Å². The van der Waals surface area contributed by atoms with Crippen molar-refractivity contribution >= 4 is 10.0 Å². The van der Waals surface area contributed by atoms with Gasteiger partial charge in [-0.2, -0.15) is 0 Å². The third-order valence-electron chi connectivity index (χ3n) is 2.82. The highest BCUT2D eigenvalue weighted by Gasteiger charge is 2.23. The van der Waals surface area contributed by atoms with Crippen LogP contribution in [0.3, 0.4) is 0 Å². The SMILES string of the molecule is O=S(=O)(NC1CCCC1)c1cc(F)cc(F)c1. The highest BCUT2D eigenvalue weighted by Crippen LogP contribution is 2.21. The maximum absolute atomic E-state index is 12.9. The van der Waals surface area contributed by atoms with Crippen LogP contribution in [0.2, 0.25) is 0 Å². The Morgan fingerprint density at radius 1 is 1.06 bits per heavy atom. The zero-order valence-corrected chi connectivity index (χ0v) is 9.93. The molecule has 1 saturated carbocycles. The van der Waals surface area contributed by atoms with Gasteiger partial charge in [-0.3, -0.25) is 0 Å². The summed E-state index contributed by atoms with van der Waals surface area (Å²) in [4.78, 5) is -0.359. The Morgan fingerprint density at radius 3 is 2.12 bits per heavy atom. The predicted octanol–water partition coefficient (Wildman–Crippen LogP) is 2.19. The Kier molecular flexibility index (Phi) is 3.44. The van der Waals surface area contributed by atoms with E-state index in [4.69, 9.17) is 0 Å². The molecule has 1 aromatic rings. The van der Waals surface area contributed by atoms with Gasteiger partial charge in [-0.05, 0) is 25.0 Å². The van der Waals surface area contributed by atoms with Gasteiger partial charge in [0.25, 0.3) is 0 Å². The van der Waals surface area contributed by atoms with Crippen LogP contribution in [-0.4, -0.2) is 14.5 Å². The van der Waals surface area contributed by atoms with Crippen molar-refractivity contribution in [2.24, 2.45) is 0 Å². The largest absolute Gasteiger partial charge is 0.241 e. The van der Waals surface area contributed by atoms with E-state index in [1.807, 2.05) is 0 Å². The summed E-state index contributed by atoms with van der Waals surface area (Å²) in [5.41, 5.74) is 0. The zero-order valence-electron chi connectivity index (χ0n) is 9.12. The average molecular weight is 261 g/mol. The van der Waals surface area contributed by atoms with E-state index < -0.39 is 21.7 Å². The Labute approximate surface area is 98.9 Å². The van der Waals surface area contributed by atoms with Gasteiger partial charge in [0.05, 0.1) is 4.90 Å². The molecule has 0 aromatic heterocycles. The van der Waals surface area contributed by atoms with E-state index in [1.54, 1.807) is 0 Å². The number of rotatable bonds is 3. The molecule has 3 nitrogen and oxygen atoms in total. The minimum absolute atomic E-state index is 0.119. The van der Waals surface area contributed by atoms with Crippen LogP contribution in [0.5, 0.6) is 0 Å². The molecule has 0 bridgehead atoms. The van der Waals surface area contributed by atoms with Gasteiger partial charge in [0, 0.05) is 12.1 Å². The van der Waals surface area contributed by atoms with Gasteiger partial charge in [0.2, 0.25) is 10.0 Å². The lowest BCUT2D eigenvalue weighted by atomic mass is 10.3. The van der Waals surface area contributed by atoms with Crippen molar-refractivity contribution in [3.05, 3.63) is 29.8 Å². The molecule has 0 spiro atoms. The number of benzene rings is 1. The predicted molar refractivity (Wildman–Crippen MR) is 58.9 cm³/mol. The molecule has 0 unspecified atom stereocenters. The van der Waals surface area contributed by atoms with Gasteiger partial charge in [-0.1, -0.05) is 12.8 Å². The number of hydrogen-bond donors (Lipinski definition) is 1. The Morgan fingerprint density at radius 2 is 1.59 bits per heavy atom. The maximum Gasteiger partial charge on any atom is 0.241 e. The number of nitrogens with one attached hydrogen (secondary N) is 1. The van der Waals surface area contributed by atoms with Crippen molar-refractivity contribution in [3.63, 3.8) is 0 Å². The first-order valence-electron chi connectivity index (χ1n) is 5.46. The van der Waals surface area contributed by atoms with E-state index in [9.17, 15) is 17.2 Å². The van der Waals surface area contributed by atoms with Gasteiger partial charge in [-0.15, -0.1) is 0 Å². The van der Waals surface area contributed by atoms with Crippen molar-refractivity contribution in [1.29, 1.82) is 0 Å². The fraction of sp³-hybridized carbons (Fsp3) is 0.455. The molecule has 0 heterocycles. The molecule has 1 aliphatic carbocycles. The fourth-order valence-corrected chi connectivity index (χ4v) is 3.36. The number of halogens is 2. The minimum atomic E-state index is -3.82. The van der Waals surface area contributed by atoms with Crippen molar-refractivity contribution < 1.29 is 17.2 Å². The molecule has 6 heteroatoms.